The minimum atomic E-state index is -0.277. The van der Waals surface area contributed by atoms with Gasteiger partial charge >= 0.3 is 0 Å². The van der Waals surface area contributed by atoms with Gasteiger partial charge in [0.1, 0.15) is 0 Å². The molecule has 1 atom stereocenters. The number of pyridine rings is 1. The van der Waals surface area contributed by atoms with Crippen LogP contribution in [0.3, 0.4) is 0 Å². The van der Waals surface area contributed by atoms with E-state index in [1.807, 2.05) is 4.90 Å². The second-order valence-corrected chi connectivity index (χ2v) is 9.03. The summed E-state index contributed by atoms with van der Waals surface area (Å²) in [5.41, 5.74) is 0.794. The summed E-state index contributed by atoms with van der Waals surface area (Å²) < 4.78 is 0. The molecular weight excluding hydrogens is 412 g/mol. The molecule has 4 heterocycles. The number of carbonyl (C=O) groups excluding carboxylic acids is 4. The van der Waals surface area contributed by atoms with Gasteiger partial charge in [-0.3, -0.25) is 28.9 Å². The standard InChI is InChI=1S/C23H30N4O5/c1-15-13-17(14-19(28)24-15)23(32)25-10-6-16(7-11-25)18-3-2-9-26(18)22(31)8-12-27-20(29)4-5-21(27)30/h13-14,16,18H,2-12H2,1H3,(H,24,28). The van der Waals surface area contributed by atoms with Crippen molar-refractivity contribution in [3.8, 4) is 0 Å². The summed E-state index contributed by atoms with van der Waals surface area (Å²) in [5, 5.41) is 0. The Kier molecular flexibility index (Phi) is 6.43. The van der Waals surface area contributed by atoms with Gasteiger partial charge in [0.15, 0.2) is 0 Å². The SMILES string of the molecule is Cc1cc(C(=O)N2CCC(C3CCCN3C(=O)CCN3C(=O)CCC3=O)CC2)cc(=O)[nH]1. The number of aromatic nitrogens is 1. The zero-order valence-electron chi connectivity index (χ0n) is 18.5. The van der Waals surface area contributed by atoms with E-state index in [1.165, 1.54) is 11.0 Å². The number of nitrogens with zero attached hydrogens (tertiary/aromatic N) is 3. The average Bonchev–Trinajstić information content (AvgIpc) is 3.38. The molecule has 3 saturated heterocycles. The van der Waals surface area contributed by atoms with Gasteiger partial charge in [-0.05, 0) is 44.6 Å². The minimum absolute atomic E-state index is 0.00232. The van der Waals surface area contributed by atoms with Crippen molar-refractivity contribution in [3.05, 3.63) is 33.7 Å². The van der Waals surface area contributed by atoms with Gasteiger partial charge in [-0.1, -0.05) is 0 Å². The number of nitrogens with one attached hydrogen (secondary N) is 1. The zero-order valence-corrected chi connectivity index (χ0v) is 18.5. The predicted molar refractivity (Wildman–Crippen MR) is 116 cm³/mol. The van der Waals surface area contributed by atoms with Crippen LogP contribution in [-0.2, 0) is 14.4 Å². The smallest absolute Gasteiger partial charge is 0.254 e. The highest BCUT2D eigenvalue weighted by molar-refractivity contribution is 6.02. The number of H-pyrrole nitrogens is 1. The molecule has 0 bridgehead atoms. The van der Waals surface area contributed by atoms with Crippen LogP contribution < -0.4 is 5.56 Å². The summed E-state index contributed by atoms with van der Waals surface area (Å²) in [5.74, 6) is -0.183. The predicted octanol–water partition coefficient (Wildman–Crippen LogP) is 1.07. The molecule has 0 saturated carbocycles. The summed E-state index contributed by atoms with van der Waals surface area (Å²) in [6.07, 6.45) is 4.17. The van der Waals surface area contributed by atoms with Gasteiger partial charge in [-0.2, -0.15) is 0 Å². The Morgan fingerprint density at radius 1 is 1.00 bits per heavy atom. The molecule has 1 aromatic rings. The van der Waals surface area contributed by atoms with Crippen molar-refractivity contribution in [1.29, 1.82) is 0 Å². The third-order valence-electron chi connectivity index (χ3n) is 6.92. The quantitative estimate of drug-likeness (QED) is 0.686. The Labute approximate surface area is 186 Å². The third kappa shape index (κ3) is 4.61. The molecule has 0 spiro atoms. The van der Waals surface area contributed by atoms with Gasteiger partial charge in [0.05, 0.1) is 0 Å². The Hall–Kier alpha value is -2.97. The Bertz CT molecular complexity index is 963. The molecule has 4 rings (SSSR count). The van der Waals surface area contributed by atoms with E-state index in [4.69, 9.17) is 0 Å². The minimum Gasteiger partial charge on any atom is -0.339 e. The zero-order chi connectivity index (χ0) is 22.8. The van der Waals surface area contributed by atoms with Crippen LogP contribution in [0.5, 0.6) is 0 Å². The lowest BCUT2D eigenvalue weighted by molar-refractivity contribution is -0.139. The van der Waals surface area contributed by atoms with Gasteiger partial charge in [0.2, 0.25) is 23.3 Å². The van der Waals surface area contributed by atoms with Gasteiger partial charge < -0.3 is 14.8 Å². The molecule has 3 fully saturated rings. The van der Waals surface area contributed by atoms with Crippen LogP contribution in [0.25, 0.3) is 0 Å². The van der Waals surface area contributed by atoms with E-state index in [1.54, 1.807) is 17.9 Å². The summed E-state index contributed by atoms with van der Waals surface area (Å²) in [6.45, 7) is 3.83. The van der Waals surface area contributed by atoms with Crippen molar-refractivity contribution in [2.75, 3.05) is 26.2 Å². The molecule has 0 aromatic carbocycles. The number of hydrogen-bond acceptors (Lipinski definition) is 5. The largest absolute Gasteiger partial charge is 0.339 e. The summed E-state index contributed by atoms with van der Waals surface area (Å²) in [4.78, 5) is 68.5. The first-order chi connectivity index (χ1) is 15.3. The lowest BCUT2D eigenvalue weighted by atomic mass is 9.87. The van der Waals surface area contributed by atoms with Gasteiger partial charge in [0.25, 0.3) is 5.91 Å². The maximum absolute atomic E-state index is 12.9. The summed E-state index contributed by atoms with van der Waals surface area (Å²) in [7, 11) is 0. The first-order valence-corrected chi connectivity index (χ1v) is 11.5. The maximum Gasteiger partial charge on any atom is 0.254 e. The van der Waals surface area contributed by atoms with Gasteiger partial charge in [0, 0.05) is 68.8 Å². The van der Waals surface area contributed by atoms with Crippen LogP contribution in [0.1, 0.15) is 61.0 Å². The highest BCUT2D eigenvalue weighted by atomic mass is 16.2. The number of piperidine rings is 1. The average molecular weight is 443 g/mol. The molecule has 9 heteroatoms. The molecule has 32 heavy (non-hydrogen) atoms. The number of hydrogen-bond donors (Lipinski definition) is 1. The van der Waals surface area contributed by atoms with Crippen molar-refractivity contribution in [1.82, 2.24) is 19.7 Å². The van der Waals surface area contributed by atoms with Crippen molar-refractivity contribution in [3.63, 3.8) is 0 Å². The van der Waals surface area contributed by atoms with Crippen molar-refractivity contribution >= 4 is 23.6 Å². The molecule has 0 radical (unpaired) electrons. The molecule has 1 unspecified atom stereocenters. The number of rotatable bonds is 5. The van der Waals surface area contributed by atoms with E-state index in [0.717, 1.165) is 25.7 Å². The fraction of sp³-hybridized carbons (Fsp3) is 0.609. The Morgan fingerprint density at radius 2 is 1.69 bits per heavy atom. The number of likely N-dealkylation sites (tertiary alicyclic amines) is 3. The summed E-state index contributed by atoms with van der Waals surface area (Å²) >= 11 is 0. The van der Waals surface area contributed by atoms with E-state index < -0.39 is 0 Å². The molecular formula is C23H30N4O5. The van der Waals surface area contributed by atoms with Crippen molar-refractivity contribution in [2.24, 2.45) is 5.92 Å². The monoisotopic (exact) mass is 442 g/mol. The van der Waals surface area contributed by atoms with E-state index in [2.05, 4.69) is 4.98 Å². The van der Waals surface area contributed by atoms with Gasteiger partial charge in [-0.15, -0.1) is 0 Å². The van der Waals surface area contributed by atoms with Crippen molar-refractivity contribution in [2.45, 2.75) is 57.9 Å². The Morgan fingerprint density at radius 3 is 2.34 bits per heavy atom. The van der Waals surface area contributed by atoms with Crippen LogP contribution in [0.15, 0.2) is 16.9 Å². The molecule has 172 valence electrons. The molecule has 1 aromatic heterocycles. The van der Waals surface area contributed by atoms with Gasteiger partial charge in [-0.25, -0.2) is 0 Å². The molecule has 9 nitrogen and oxygen atoms in total. The van der Waals surface area contributed by atoms with E-state index in [9.17, 15) is 24.0 Å². The van der Waals surface area contributed by atoms with Crippen LogP contribution >= 0.6 is 0 Å². The van der Waals surface area contributed by atoms with Crippen LogP contribution in [-0.4, -0.2) is 75.5 Å². The number of aromatic amines is 1. The molecule has 3 aliphatic rings. The first kappa shape index (κ1) is 22.2. The topological polar surface area (TPSA) is 111 Å². The van der Waals surface area contributed by atoms with E-state index >= 15 is 0 Å². The number of carbonyl (C=O) groups is 4. The molecule has 4 amide bonds. The highest BCUT2D eigenvalue weighted by Crippen LogP contribution is 2.32. The number of imide groups is 1. The van der Waals surface area contributed by atoms with Crippen LogP contribution in [0, 0.1) is 12.8 Å². The molecule has 3 aliphatic heterocycles. The fourth-order valence-corrected chi connectivity index (χ4v) is 5.29. The fourth-order valence-electron chi connectivity index (χ4n) is 5.29. The molecule has 1 N–H and O–H groups in total. The van der Waals surface area contributed by atoms with E-state index in [-0.39, 0.29) is 61.0 Å². The van der Waals surface area contributed by atoms with E-state index in [0.29, 0.717) is 36.8 Å². The second kappa shape index (κ2) is 9.26. The Balaban J connectivity index is 1.32. The first-order valence-electron chi connectivity index (χ1n) is 11.5. The summed E-state index contributed by atoms with van der Waals surface area (Å²) in [6, 6.07) is 3.18. The molecule has 0 aliphatic carbocycles. The van der Waals surface area contributed by atoms with Crippen molar-refractivity contribution < 1.29 is 19.2 Å². The van der Waals surface area contributed by atoms with Crippen LogP contribution in [0.2, 0.25) is 0 Å². The second-order valence-electron chi connectivity index (χ2n) is 9.03. The number of amides is 4. The van der Waals surface area contributed by atoms with Crippen LogP contribution in [0.4, 0.5) is 0 Å². The third-order valence-corrected chi connectivity index (χ3v) is 6.92. The number of aryl methyl sites for hydroxylation is 1. The lowest BCUT2D eigenvalue weighted by Crippen LogP contribution is -2.47. The lowest BCUT2D eigenvalue weighted by Gasteiger charge is -2.38. The highest BCUT2D eigenvalue weighted by Gasteiger charge is 2.37. The maximum atomic E-state index is 12.9. The normalized spacial score (nSPS) is 22.2.